The van der Waals surface area contributed by atoms with Crippen molar-refractivity contribution in [3.8, 4) is 11.8 Å². The van der Waals surface area contributed by atoms with Gasteiger partial charge in [0, 0.05) is 35.7 Å². The van der Waals surface area contributed by atoms with Gasteiger partial charge in [-0.2, -0.15) is 9.78 Å². The minimum absolute atomic E-state index is 0.241. The van der Waals surface area contributed by atoms with Gasteiger partial charge in [-0.05, 0) is 74.1 Å². The predicted molar refractivity (Wildman–Crippen MR) is 146 cm³/mol. The van der Waals surface area contributed by atoms with Crippen LogP contribution in [0.15, 0.2) is 48.7 Å². The van der Waals surface area contributed by atoms with Crippen molar-refractivity contribution in [3.05, 3.63) is 88.0 Å². The molecule has 6 rings (SSSR count). The quantitative estimate of drug-likeness (QED) is 0.315. The number of nitrogens with one attached hydrogen (secondary N) is 1. The average molecular weight is 504 g/mol. The maximum Gasteiger partial charge on any atom is 0.226 e. The topological polar surface area (TPSA) is 101 Å². The molecule has 1 fully saturated rings. The zero-order chi connectivity index (χ0) is 26.4. The molecule has 38 heavy (non-hydrogen) atoms. The van der Waals surface area contributed by atoms with Crippen LogP contribution in [0.4, 0.5) is 5.95 Å². The van der Waals surface area contributed by atoms with Crippen LogP contribution in [0.25, 0.3) is 16.6 Å². The number of benzene rings is 2. The molecule has 1 saturated carbocycles. The molecule has 8 heteroatoms. The molecule has 3 aromatic heterocycles. The van der Waals surface area contributed by atoms with Gasteiger partial charge in [0.15, 0.2) is 11.5 Å². The van der Waals surface area contributed by atoms with Crippen molar-refractivity contribution in [1.29, 1.82) is 5.26 Å². The van der Waals surface area contributed by atoms with Gasteiger partial charge < -0.3 is 10.1 Å². The number of nitriles is 1. The highest BCUT2D eigenvalue weighted by molar-refractivity contribution is 5.96. The Morgan fingerprint density at radius 2 is 1.87 bits per heavy atom. The van der Waals surface area contributed by atoms with Crippen LogP contribution in [-0.4, -0.2) is 31.7 Å². The maximum absolute atomic E-state index is 9.15. The van der Waals surface area contributed by atoms with Crippen LogP contribution in [-0.2, 0) is 6.54 Å². The molecule has 0 unspecified atom stereocenters. The number of ether oxygens (including phenoxy) is 1. The van der Waals surface area contributed by atoms with Crippen molar-refractivity contribution in [2.24, 2.45) is 0 Å². The first-order valence-electron chi connectivity index (χ1n) is 12.8. The minimum Gasteiger partial charge on any atom is -0.494 e. The Bertz CT molecular complexity index is 1730. The molecule has 0 bridgehead atoms. The largest absolute Gasteiger partial charge is 0.494 e. The summed E-state index contributed by atoms with van der Waals surface area (Å²) in [6, 6.07) is 16.4. The van der Waals surface area contributed by atoms with Crippen molar-refractivity contribution in [2.75, 3.05) is 12.4 Å². The number of hydrogen-bond acceptors (Lipinski definition) is 7. The number of nitrogens with zero attached hydrogens (tertiary/aromatic N) is 6. The van der Waals surface area contributed by atoms with E-state index in [1.54, 1.807) is 13.3 Å². The van der Waals surface area contributed by atoms with E-state index < -0.39 is 0 Å². The standard InChI is InChI=1S/C30H29N7O/c1-17-8-9-20(10-18(17)2)15-33-30-34-27-24(6-5-7-25(27)38-4)29-35-28(36-37(29)30)23-12-22(13-23)26-19(3)11-21(14-31)16-32-26/h5-11,16,22-23H,12-13,15H2,1-4H3,(H,33,34)/t22-,23+. The third-order valence-corrected chi connectivity index (χ3v) is 7.66. The van der Waals surface area contributed by atoms with Gasteiger partial charge >= 0.3 is 0 Å². The van der Waals surface area contributed by atoms with E-state index in [1.807, 2.05) is 35.7 Å². The lowest BCUT2D eigenvalue weighted by Crippen LogP contribution is -2.23. The van der Waals surface area contributed by atoms with E-state index >= 15 is 0 Å². The number of para-hydroxylation sites is 1. The summed E-state index contributed by atoms with van der Waals surface area (Å²) in [5.41, 5.74) is 7.96. The lowest BCUT2D eigenvalue weighted by Gasteiger charge is -2.33. The van der Waals surface area contributed by atoms with Gasteiger partial charge in [0.25, 0.3) is 0 Å². The summed E-state index contributed by atoms with van der Waals surface area (Å²) < 4.78 is 7.46. The predicted octanol–water partition coefficient (Wildman–Crippen LogP) is 5.75. The Morgan fingerprint density at radius 3 is 2.61 bits per heavy atom. The van der Waals surface area contributed by atoms with Gasteiger partial charge in [0.1, 0.15) is 17.3 Å². The van der Waals surface area contributed by atoms with Gasteiger partial charge in [-0.1, -0.05) is 24.3 Å². The molecule has 0 spiro atoms. The summed E-state index contributed by atoms with van der Waals surface area (Å²) in [5.74, 6) is 2.74. The highest BCUT2D eigenvalue weighted by atomic mass is 16.5. The van der Waals surface area contributed by atoms with E-state index in [0.29, 0.717) is 29.7 Å². The number of aryl methyl sites for hydroxylation is 3. The number of rotatable bonds is 6. The number of hydrogen-bond donors (Lipinski definition) is 1. The van der Waals surface area contributed by atoms with Crippen molar-refractivity contribution in [1.82, 2.24) is 24.6 Å². The normalized spacial score (nSPS) is 16.8. The molecule has 0 aliphatic heterocycles. The second-order valence-electron chi connectivity index (χ2n) is 10.2. The molecule has 0 amide bonds. The van der Waals surface area contributed by atoms with E-state index in [-0.39, 0.29) is 5.92 Å². The second kappa shape index (κ2) is 9.42. The first-order chi connectivity index (χ1) is 18.4. The first-order valence-corrected chi connectivity index (χ1v) is 12.8. The van der Waals surface area contributed by atoms with Crippen molar-refractivity contribution >= 4 is 22.5 Å². The molecule has 190 valence electrons. The van der Waals surface area contributed by atoms with Crippen LogP contribution in [0.2, 0.25) is 0 Å². The van der Waals surface area contributed by atoms with Gasteiger partial charge in [-0.25, -0.2) is 9.97 Å². The summed E-state index contributed by atoms with van der Waals surface area (Å²) in [6.07, 6.45) is 3.52. The van der Waals surface area contributed by atoms with Gasteiger partial charge in [0.05, 0.1) is 12.7 Å². The van der Waals surface area contributed by atoms with Gasteiger partial charge in [0.2, 0.25) is 5.95 Å². The zero-order valence-corrected chi connectivity index (χ0v) is 22.0. The molecule has 0 radical (unpaired) electrons. The smallest absolute Gasteiger partial charge is 0.226 e. The average Bonchev–Trinajstić information content (AvgIpc) is 3.34. The monoisotopic (exact) mass is 503 g/mol. The summed E-state index contributed by atoms with van der Waals surface area (Å²) in [5, 5.41) is 18.5. The molecule has 0 atom stereocenters. The molecule has 1 aliphatic carbocycles. The Balaban J connectivity index is 1.34. The van der Waals surface area contributed by atoms with Crippen LogP contribution in [0.5, 0.6) is 5.75 Å². The number of pyridine rings is 1. The van der Waals surface area contributed by atoms with Crippen LogP contribution in [0.1, 0.15) is 64.0 Å². The number of methoxy groups -OCH3 is 1. The van der Waals surface area contributed by atoms with Crippen molar-refractivity contribution < 1.29 is 4.74 Å². The highest BCUT2D eigenvalue weighted by Crippen LogP contribution is 2.47. The molecule has 0 saturated heterocycles. The van der Waals surface area contributed by atoms with E-state index in [1.165, 1.54) is 16.7 Å². The Kier molecular flexibility index (Phi) is 5.91. The Labute approximate surface area is 221 Å². The summed E-state index contributed by atoms with van der Waals surface area (Å²) >= 11 is 0. The molecule has 1 N–H and O–H groups in total. The van der Waals surface area contributed by atoms with Crippen LogP contribution in [0, 0.1) is 32.1 Å². The molecule has 1 aliphatic rings. The number of anilines is 1. The lowest BCUT2D eigenvalue weighted by molar-refractivity contribution is 0.331. The zero-order valence-electron chi connectivity index (χ0n) is 22.0. The summed E-state index contributed by atoms with van der Waals surface area (Å²) in [7, 11) is 1.66. The fourth-order valence-electron chi connectivity index (χ4n) is 5.29. The molecule has 3 heterocycles. The minimum atomic E-state index is 0.241. The molecule has 5 aromatic rings. The Morgan fingerprint density at radius 1 is 1.03 bits per heavy atom. The molecular formula is C30H29N7O. The highest BCUT2D eigenvalue weighted by Gasteiger charge is 2.36. The third-order valence-electron chi connectivity index (χ3n) is 7.66. The van der Waals surface area contributed by atoms with E-state index in [4.69, 9.17) is 25.1 Å². The molecular weight excluding hydrogens is 474 g/mol. The van der Waals surface area contributed by atoms with E-state index in [2.05, 4.69) is 48.4 Å². The van der Waals surface area contributed by atoms with Crippen LogP contribution in [0.3, 0.4) is 0 Å². The second-order valence-corrected chi connectivity index (χ2v) is 10.2. The SMILES string of the molecule is COc1cccc2c1nc(NCc1ccc(C)c(C)c1)n1nc([C@H]3C[C@@H](c4ncc(C#N)cc4C)C3)nc21. The fourth-order valence-corrected chi connectivity index (χ4v) is 5.29. The van der Waals surface area contributed by atoms with Crippen molar-refractivity contribution in [3.63, 3.8) is 0 Å². The molecule has 2 aromatic carbocycles. The Hall–Kier alpha value is -4.51. The van der Waals surface area contributed by atoms with Crippen LogP contribution < -0.4 is 10.1 Å². The van der Waals surface area contributed by atoms with E-state index in [0.717, 1.165) is 46.5 Å². The van der Waals surface area contributed by atoms with Gasteiger partial charge in [-0.3, -0.25) is 4.98 Å². The fraction of sp³-hybridized carbons (Fsp3) is 0.300. The van der Waals surface area contributed by atoms with Gasteiger partial charge in [-0.15, -0.1) is 5.10 Å². The maximum atomic E-state index is 9.15. The third kappa shape index (κ3) is 4.10. The summed E-state index contributed by atoms with van der Waals surface area (Å²) in [6.45, 7) is 6.89. The number of fused-ring (bicyclic) bond motifs is 3. The lowest BCUT2D eigenvalue weighted by atomic mass is 9.72. The van der Waals surface area contributed by atoms with Crippen molar-refractivity contribution in [2.45, 2.75) is 52.0 Å². The number of aromatic nitrogens is 5. The first kappa shape index (κ1) is 23.9. The summed E-state index contributed by atoms with van der Waals surface area (Å²) in [4.78, 5) is 14.5. The molecule has 8 nitrogen and oxygen atoms in total. The van der Waals surface area contributed by atoms with E-state index in [9.17, 15) is 0 Å². The van der Waals surface area contributed by atoms with Crippen LogP contribution >= 0.6 is 0 Å².